The van der Waals surface area contributed by atoms with Gasteiger partial charge in [0.25, 0.3) is 0 Å². The summed E-state index contributed by atoms with van der Waals surface area (Å²) in [5.74, 6) is 0. The van der Waals surface area contributed by atoms with E-state index >= 15 is 0 Å². The molecule has 3 aliphatic rings. The third-order valence-corrected chi connectivity index (χ3v) is 12.4. The van der Waals surface area contributed by atoms with Crippen molar-refractivity contribution in [3.05, 3.63) is 228 Å². The van der Waals surface area contributed by atoms with Crippen LogP contribution in [-0.2, 0) is 18.3 Å². The molecule has 272 valence electrons. The molecule has 0 N–H and O–H groups in total. The molecule has 0 saturated heterocycles. The number of fused-ring (bicyclic) bond motifs is 6. The molecule has 0 aromatic heterocycles. The highest BCUT2D eigenvalue weighted by Crippen LogP contribution is 2.64. The second kappa shape index (κ2) is 13.0. The Morgan fingerprint density at radius 2 is 0.655 bits per heavy atom. The molecule has 4 heteroatoms. The van der Waals surface area contributed by atoms with E-state index in [4.69, 9.17) is 0 Å². The van der Waals surface area contributed by atoms with E-state index in [-0.39, 0.29) is 0 Å². The molecule has 0 unspecified atom stereocenters. The van der Waals surface area contributed by atoms with Gasteiger partial charge in [-0.15, -0.1) is 0 Å². The number of hydrogen-bond acceptors (Lipinski definition) is 4. The number of nitriles is 2. The maximum absolute atomic E-state index is 10.6. The number of para-hydroxylation sites is 4. The Morgan fingerprint density at radius 3 is 0.983 bits per heavy atom. The third-order valence-electron chi connectivity index (χ3n) is 12.4. The minimum Gasteiger partial charge on any atom is -0.310 e. The number of anilines is 6. The molecule has 0 aliphatic heterocycles. The van der Waals surface area contributed by atoms with Gasteiger partial charge in [0, 0.05) is 47.0 Å². The lowest BCUT2D eigenvalue weighted by atomic mass is 9.68. The van der Waals surface area contributed by atoms with Crippen LogP contribution in [-0.4, -0.2) is 0 Å². The topological polar surface area (TPSA) is 54.1 Å². The summed E-state index contributed by atoms with van der Waals surface area (Å²) in [6.45, 7) is 0. The zero-order valence-corrected chi connectivity index (χ0v) is 31.7. The molecule has 0 atom stereocenters. The highest BCUT2D eigenvalue weighted by Gasteiger charge is 2.53. The molecule has 0 heterocycles. The lowest BCUT2D eigenvalue weighted by Gasteiger charge is -2.34. The number of nitrogens with zero attached hydrogens (tertiary/aromatic N) is 4. The minimum absolute atomic E-state index is 0.348. The molecular formula is C54H36N4. The first-order chi connectivity index (χ1) is 28.6. The van der Waals surface area contributed by atoms with Crippen molar-refractivity contribution in [2.45, 2.75) is 18.3 Å². The van der Waals surface area contributed by atoms with Gasteiger partial charge in [-0.2, -0.15) is 10.5 Å². The van der Waals surface area contributed by atoms with Crippen LogP contribution in [0.3, 0.4) is 0 Å². The first-order valence-corrected chi connectivity index (χ1v) is 19.8. The van der Waals surface area contributed by atoms with E-state index in [0.29, 0.717) is 12.8 Å². The van der Waals surface area contributed by atoms with Crippen molar-refractivity contribution >= 4 is 34.1 Å². The lowest BCUT2D eigenvalue weighted by molar-refractivity contribution is 0.513. The summed E-state index contributed by atoms with van der Waals surface area (Å²) in [5, 5.41) is 21.1. The second-order valence-corrected chi connectivity index (χ2v) is 15.6. The van der Waals surface area contributed by atoms with Crippen molar-refractivity contribution in [3.8, 4) is 34.4 Å². The van der Waals surface area contributed by atoms with E-state index in [1.807, 2.05) is 0 Å². The zero-order valence-electron chi connectivity index (χ0n) is 31.7. The van der Waals surface area contributed by atoms with Gasteiger partial charge < -0.3 is 9.80 Å². The van der Waals surface area contributed by atoms with Gasteiger partial charge in [-0.25, -0.2) is 0 Å². The Kier molecular flexibility index (Phi) is 7.52. The highest BCUT2D eigenvalue weighted by atomic mass is 15.1. The summed E-state index contributed by atoms with van der Waals surface area (Å²) in [6.07, 6.45) is 0.695. The first kappa shape index (κ1) is 33.7. The molecular weight excluding hydrogens is 705 g/mol. The Morgan fingerprint density at radius 1 is 0.345 bits per heavy atom. The summed E-state index contributed by atoms with van der Waals surface area (Å²) < 4.78 is 0. The van der Waals surface area contributed by atoms with Crippen molar-refractivity contribution < 1.29 is 0 Å². The average molecular weight is 741 g/mol. The van der Waals surface area contributed by atoms with Gasteiger partial charge in [0.05, 0.1) is 17.6 Å². The summed E-state index contributed by atoms with van der Waals surface area (Å²) in [4.78, 5) is 4.69. The highest BCUT2D eigenvalue weighted by molar-refractivity contribution is 5.98. The van der Waals surface area contributed by atoms with Crippen LogP contribution in [0.5, 0.6) is 0 Å². The normalized spacial score (nSPS) is 14.3. The molecule has 4 bridgehead atoms. The minimum atomic E-state index is -1.18. The van der Waals surface area contributed by atoms with Gasteiger partial charge in [-0.05, 0) is 128 Å². The quantitative estimate of drug-likeness (QED) is 0.170. The predicted octanol–water partition coefficient (Wildman–Crippen LogP) is 13.1. The Labute approximate surface area is 338 Å². The van der Waals surface area contributed by atoms with E-state index in [1.165, 1.54) is 44.5 Å². The van der Waals surface area contributed by atoms with Crippen LogP contribution < -0.4 is 9.80 Å². The summed E-state index contributed by atoms with van der Waals surface area (Å²) >= 11 is 0. The Bertz CT molecular complexity index is 2690. The maximum Gasteiger partial charge on any atom is 0.151 e. The first-order valence-electron chi connectivity index (χ1n) is 19.8. The number of rotatable bonds is 6. The fraction of sp³-hybridized carbons (Fsp3) is 0.0741. The van der Waals surface area contributed by atoms with E-state index in [0.717, 1.165) is 45.3 Å². The summed E-state index contributed by atoms with van der Waals surface area (Å²) in [7, 11) is 0. The molecule has 0 amide bonds. The molecule has 8 aromatic carbocycles. The molecule has 58 heavy (non-hydrogen) atoms. The second-order valence-electron chi connectivity index (χ2n) is 15.6. The van der Waals surface area contributed by atoms with Gasteiger partial charge >= 0.3 is 0 Å². The fourth-order valence-corrected chi connectivity index (χ4v) is 9.94. The largest absolute Gasteiger partial charge is 0.310 e. The van der Waals surface area contributed by atoms with E-state index in [9.17, 15) is 10.5 Å². The maximum atomic E-state index is 10.6. The van der Waals surface area contributed by atoms with Crippen LogP contribution >= 0.6 is 0 Å². The number of hydrogen-bond donors (Lipinski definition) is 0. The SMILES string of the molecule is N#CC1(C#N)Cc2ccc3c(c2)C2(c4cc(ccc4-c4ccc(N(c5ccccc5)c5ccccc5)cc42)C1)c1cc(N(c2ccccc2)c2ccccc2)ccc1-3. The van der Waals surface area contributed by atoms with Crippen LogP contribution in [0.2, 0.25) is 0 Å². The fourth-order valence-electron chi connectivity index (χ4n) is 9.94. The standard InChI is InChI=1S/C54H36N4/c55-35-53(36-56)33-37-21-25-45-47-27-23-43(57(39-13-5-1-6-14-39)40-15-7-2-8-16-40)31-51(47)54(49(45)29-37)50-30-38(34-53)22-26-46(50)48-28-24-44(32-52(48)54)58(41-17-9-3-10-18-41)42-19-11-4-12-20-42/h1-32H,33-34H2. The van der Waals surface area contributed by atoms with Crippen LogP contribution in [0, 0.1) is 28.1 Å². The zero-order chi connectivity index (χ0) is 38.8. The van der Waals surface area contributed by atoms with Crippen LogP contribution in [0.4, 0.5) is 34.1 Å². The summed E-state index contributed by atoms with van der Waals surface area (Å²) in [5.41, 5.74) is 16.2. The molecule has 1 spiro atoms. The van der Waals surface area contributed by atoms with E-state index in [2.05, 4.69) is 216 Å². The average Bonchev–Trinajstić information content (AvgIpc) is 3.73. The van der Waals surface area contributed by atoms with Gasteiger partial charge in [0.1, 0.15) is 0 Å². The van der Waals surface area contributed by atoms with Crippen LogP contribution in [0.1, 0.15) is 33.4 Å². The predicted molar refractivity (Wildman–Crippen MR) is 233 cm³/mol. The molecule has 0 saturated carbocycles. The lowest BCUT2D eigenvalue weighted by Crippen LogP contribution is -2.29. The molecule has 0 fully saturated rings. The van der Waals surface area contributed by atoms with Crippen molar-refractivity contribution in [1.29, 1.82) is 10.5 Å². The van der Waals surface area contributed by atoms with Gasteiger partial charge in [-0.3, -0.25) is 0 Å². The molecule has 4 nitrogen and oxygen atoms in total. The molecule has 8 aromatic rings. The van der Waals surface area contributed by atoms with Gasteiger partial charge in [-0.1, -0.05) is 121 Å². The molecule has 11 rings (SSSR count). The smallest absolute Gasteiger partial charge is 0.151 e. The van der Waals surface area contributed by atoms with Crippen LogP contribution in [0.25, 0.3) is 22.3 Å². The van der Waals surface area contributed by atoms with Gasteiger partial charge in [0.2, 0.25) is 0 Å². The molecule has 0 radical (unpaired) electrons. The van der Waals surface area contributed by atoms with E-state index < -0.39 is 10.8 Å². The van der Waals surface area contributed by atoms with Crippen LogP contribution in [0.15, 0.2) is 194 Å². The summed E-state index contributed by atoms with van der Waals surface area (Å²) in [6, 6.07) is 74.5. The monoisotopic (exact) mass is 740 g/mol. The Balaban J connectivity index is 1.23. The van der Waals surface area contributed by atoms with Crippen molar-refractivity contribution in [2.24, 2.45) is 5.41 Å². The van der Waals surface area contributed by atoms with Gasteiger partial charge in [0.15, 0.2) is 5.41 Å². The Hall–Kier alpha value is -7.66. The van der Waals surface area contributed by atoms with Crippen molar-refractivity contribution in [1.82, 2.24) is 0 Å². The molecule has 3 aliphatic carbocycles. The number of benzene rings is 8. The van der Waals surface area contributed by atoms with Crippen molar-refractivity contribution in [2.75, 3.05) is 9.80 Å². The van der Waals surface area contributed by atoms with Crippen molar-refractivity contribution in [3.63, 3.8) is 0 Å². The van der Waals surface area contributed by atoms with E-state index in [1.54, 1.807) is 0 Å². The third kappa shape index (κ3) is 4.92.